The van der Waals surface area contributed by atoms with Crippen LogP contribution in [0.5, 0.6) is 5.75 Å². The predicted molar refractivity (Wildman–Crippen MR) is 75.2 cm³/mol. The van der Waals surface area contributed by atoms with Crippen molar-refractivity contribution in [2.45, 2.75) is 32.2 Å². The zero-order valence-corrected chi connectivity index (χ0v) is 11.6. The first-order valence-electron chi connectivity index (χ1n) is 7.10. The normalized spacial score (nSPS) is 16.1. The first kappa shape index (κ1) is 13.1. The minimum absolute atomic E-state index is 0.105. The SMILES string of the molecule is CCCOc1cccc(-c2nc(C(N)C3CC3)no2)c1. The first-order valence-corrected chi connectivity index (χ1v) is 7.10. The number of nitrogens with two attached hydrogens (primary N) is 1. The summed E-state index contributed by atoms with van der Waals surface area (Å²) in [5.41, 5.74) is 6.94. The summed E-state index contributed by atoms with van der Waals surface area (Å²) in [5, 5.41) is 3.99. The van der Waals surface area contributed by atoms with Crippen LogP contribution in [0.15, 0.2) is 28.8 Å². The zero-order chi connectivity index (χ0) is 13.9. The van der Waals surface area contributed by atoms with Crippen LogP contribution in [0.25, 0.3) is 11.5 Å². The molecule has 1 saturated carbocycles. The number of ether oxygens (including phenoxy) is 1. The van der Waals surface area contributed by atoms with Crippen LogP contribution in [0, 0.1) is 5.92 Å². The maximum absolute atomic E-state index is 6.08. The molecule has 5 heteroatoms. The second-order valence-corrected chi connectivity index (χ2v) is 5.20. The third-order valence-electron chi connectivity index (χ3n) is 3.42. The Labute approximate surface area is 118 Å². The maximum Gasteiger partial charge on any atom is 0.258 e. The van der Waals surface area contributed by atoms with E-state index >= 15 is 0 Å². The molecular weight excluding hydrogens is 254 g/mol. The minimum atomic E-state index is -0.105. The summed E-state index contributed by atoms with van der Waals surface area (Å²) in [6.45, 7) is 2.78. The number of benzene rings is 1. The monoisotopic (exact) mass is 273 g/mol. The number of hydrogen-bond donors (Lipinski definition) is 1. The fourth-order valence-corrected chi connectivity index (χ4v) is 2.09. The van der Waals surface area contributed by atoms with Gasteiger partial charge in [0.05, 0.1) is 12.6 Å². The maximum atomic E-state index is 6.08. The molecule has 0 bridgehead atoms. The molecule has 0 radical (unpaired) electrons. The van der Waals surface area contributed by atoms with Gasteiger partial charge >= 0.3 is 0 Å². The van der Waals surface area contributed by atoms with Crippen molar-refractivity contribution in [3.63, 3.8) is 0 Å². The summed E-state index contributed by atoms with van der Waals surface area (Å²) in [6.07, 6.45) is 3.29. The fraction of sp³-hybridized carbons (Fsp3) is 0.467. The number of nitrogens with zero attached hydrogens (tertiary/aromatic N) is 2. The molecule has 106 valence electrons. The van der Waals surface area contributed by atoms with Crippen molar-refractivity contribution in [1.82, 2.24) is 10.1 Å². The van der Waals surface area contributed by atoms with Gasteiger partial charge in [0.15, 0.2) is 5.82 Å². The van der Waals surface area contributed by atoms with Crippen molar-refractivity contribution in [2.75, 3.05) is 6.61 Å². The molecule has 2 aromatic rings. The Balaban J connectivity index is 1.78. The largest absolute Gasteiger partial charge is 0.494 e. The minimum Gasteiger partial charge on any atom is -0.494 e. The molecule has 20 heavy (non-hydrogen) atoms. The van der Waals surface area contributed by atoms with Gasteiger partial charge < -0.3 is 15.0 Å². The van der Waals surface area contributed by atoms with E-state index < -0.39 is 0 Å². The van der Waals surface area contributed by atoms with E-state index in [2.05, 4.69) is 17.1 Å². The van der Waals surface area contributed by atoms with E-state index in [9.17, 15) is 0 Å². The van der Waals surface area contributed by atoms with Gasteiger partial charge in [0.25, 0.3) is 5.89 Å². The van der Waals surface area contributed by atoms with Gasteiger partial charge in [0.1, 0.15) is 5.75 Å². The Morgan fingerprint density at radius 1 is 1.45 bits per heavy atom. The lowest BCUT2D eigenvalue weighted by molar-refractivity contribution is 0.317. The highest BCUT2D eigenvalue weighted by Crippen LogP contribution is 2.38. The standard InChI is InChI=1S/C15H19N3O2/c1-2-8-19-12-5-3-4-11(9-12)15-17-14(18-20-15)13(16)10-6-7-10/h3-5,9-10,13H,2,6-8,16H2,1H3. The molecule has 1 heterocycles. The van der Waals surface area contributed by atoms with E-state index in [4.69, 9.17) is 15.0 Å². The molecule has 2 N–H and O–H groups in total. The topological polar surface area (TPSA) is 74.2 Å². The van der Waals surface area contributed by atoms with Crippen molar-refractivity contribution >= 4 is 0 Å². The van der Waals surface area contributed by atoms with Gasteiger partial charge in [-0.2, -0.15) is 4.98 Å². The van der Waals surface area contributed by atoms with Crippen LogP contribution in [0.1, 0.15) is 38.1 Å². The lowest BCUT2D eigenvalue weighted by atomic mass is 10.2. The molecule has 0 amide bonds. The molecular formula is C15H19N3O2. The van der Waals surface area contributed by atoms with Gasteiger partial charge in [-0.1, -0.05) is 18.1 Å². The summed E-state index contributed by atoms with van der Waals surface area (Å²) in [7, 11) is 0. The van der Waals surface area contributed by atoms with Crippen LogP contribution in [0.3, 0.4) is 0 Å². The molecule has 1 aliphatic rings. The van der Waals surface area contributed by atoms with Crippen LogP contribution in [-0.2, 0) is 0 Å². The molecule has 5 nitrogen and oxygen atoms in total. The van der Waals surface area contributed by atoms with Crippen molar-refractivity contribution in [2.24, 2.45) is 11.7 Å². The van der Waals surface area contributed by atoms with Crippen LogP contribution in [0.4, 0.5) is 0 Å². The first-order chi connectivity index (χ1) is 9.78. The molecule has 1 aliphatic carbocycles. The third kappa shape index (κ3) is 2.82. The van der Waals surface area contributed by atoms with Crippen LogP contribution in [-0.4, -0.2) is 16.7 Å². The van der Waals surface area contributed by atoms with Crippen LogP contribution in [0.2, 0.25) is 0 Å². The predicted octanol–water partition coefficient (Wildman–Crippen LogP) is 2.94. The molecule has 0 saturated heterocycles. The van der Waals surface area contributed by atoms with E-state index in [0.29, 0.717) is 24.2 Å². The zero-order valence-electron chi connectivity index (χ0n) is 11.6. The average molecular weight is 273 g/mol. The smallest absolute Gasteiger partial charge is 0.258 e. The lowest BCUT2D eigenvalue weighted by Gasteiger charge is -2.04. The van der Waals surface area contributed by atoms with Crippen LogP contribution >= 0.6 is 0 Å². The van der Waals surface area contributed by atoms with Gasteiger partial charge in [-0.05, 0) is 43.4 Å². The summed E-state index contributed by atoms with van der Waals surface area (Å²) in [6, 6.07) is 7.58. The average Bonchev–Trinajstić information content (AvgIpc) is 3.21. The quantitative estimate of drug-likeness (QED) is 0.875. The number of aromatic nitrogens is 2. The van der Waals surface area contributed by atoms with Gasteiger partial charge in [0.2, 0.25) is 0 Å². The summed E-state index contributed by atoms with van der Waals surface area (Å²) >= 11 is 0. The molecule has 1 atom stereocenters. The van der Waals surface area contributed by atoms with Crippen molar-refractivity contribution in [3.05, 3.63) is 30.1 Å². The van der Waals surface area contributed by atoms with Gasteiger partial charge in [-0.25, -0.2) is 0 Å². The second kappa shape index (κ2) is 5.63. The lowest BCUT2D eigenvalue weighted by Crippen LogP contribution is -2.13. The highest BCUT2D eigenvalue weighted by molar-refractivity contribution is 5.55. The van der Waals surface area contributed by atoms with Crippen molar-refractivity contribution in [1.29, 1.82) is 0 Å². The third-order valence-corrected chi connectivity index (χ3v) is 3.42. The summed E-state index contributed by atoms with van der Waals surface area (Å²) < 4.78 is 10.9. The number of rotatable bonds is 6. The Morgan fingerprint density at radius 3 is 3.05 bits per heavy atom. The van der Waals surface area contributed by atoms with Crippen LogP contribution < -0.4 is 10.5 Å². The molecule has 1 unspecified atom stereocenters. The van der Waals surface area contributed by atoms with E-state index in [1.165, 1.54) is 0 Å². The highest BCUT2D eigenvalue weighted by Gasteiger charge is 2.32. The Kier molecular flexibility index (Phi) is 3.69. The molecule has 3 rings (SSSR count). The van der Waals surface area contributed by atoms with Crippen molar-refractivity contribution in [3.8, 4) is 17.2 Å². The summed E-state index contributed by atoms with van der Waals surface area (Å²) in [5.74, 6) is 2.43. The second-order valence-electron chi connectivity index (χ2n) is 5.20. The highest BCUT2D eigenvalue weighted by atomic mass is 16.5. The molecule has 1 fully saturated rings. The van der Waals surface area contributed by atoms with Crippen molar-refractivity contribution < 1.29 is 9.26 Å². The molecule has 0 spiro atoms. The fourth-order valence-electron chi connectivity index (χ4n) is 2.09. The van der Waals surface area contributed by atoms with Gasteiger partial charge in [0, 0.05) is 5.56 Å². The van der Waals surface area contributed by atoms with E-state index in [1.807, 2.05) is 24.3 Å². The van der Waals surface area contributed by atoms with Gasteiger partial charge in [-0.3, -0.25) is 0 Å². The molecule has 1 aromatic heterocycles. The van der Waals surface area contributed by atoms with E-state index in [0.717, 1.165) is 30.6 Å². The van der Waals surface area contributed by atoms with Gasteiger partial charge in [-0.15, -0.1) is 0 Å². The summed E-state index contributed by atoms with van der Waals surface area (Å²) in [4.78, 5) is 4.40. The molecule has 1 aromatic carbocycles. The Bertz CT molecular complexity index is 578. The number of hydrogen-bond acceptors (Lipinski definition) is 5. The molecule has 0 aliphatic heterocycles. The van der Waals surface area contributed by atoms with E-state index in [-0.39, 0.29) is 6.04 Å². The Morgan fingerprint density at radius 2 is 2.30 bits per heavy atom. The van der Waals surface area contributed by atoms with E-state index in [1.54, 1.807) is 0 Å². The Hall–Kier alpha value is -1.88.